The lowest BCUT2D eigenvalue weighted by atomic mass is 10.1. The molecular formula is C24H27N9O2. The molecule has 4 aromatic heterocycles. The van der Waals surface area contributed by atoms with Gasteiger partial charge < -0.3 is 24.7 Å². The second-order valence-electron chi connectivity index (χ2n) is 9.04. The Kier molecular flexibility index (Phi) is 5.53. The van der Waals surface area contributed by atoms with Crippen LogP contribution in [0, 0.1) is 6.92 Å². The highest BCUT2D eigenvalue weighted by Crippen LogP contribution is 2.37. The zero-order valence-electron chi connectivity index (χ0n) is 19.4. The Bertz CT molecular complexity index is 1310. The van der Waals surface area contributed by atoms with E-state index in [1.165, 1.54) is 0 Å². The first-order valence-corrected chi connectivity index (χ1v) is 11.9. The van der Waals surface area contributed by atoms with Gasteiger partial charge in [0.2, 0.25) is 5.95 Å². The van der Waals surface area contributed by atoms with E-state index in [0.717, 1.165) is 55.3 Å². The second kappa shape index (κ2) is 8.99. The van der Waals surface area contributed by atoms with E-state index >= 15 is 0 Å². The van der Waals surface area contributed by atoms with Crippen LogP contribution in [-0.4, -0.2) is 61.2 Å². The van der Waals surface area contributed by atoms with Gasteiger partial charge in [-0.25, -0.2) is 0 Å². The third-order valence-corrected chi connectivity index (χ3v) is 6.44. The van der Waals surface area contributed by atoms with Crippen LogP contribution < -0.4 is 15.1 Å². The second-order valence-corrected chi connectivity index (χ2v) is 9.04. The van der Waals surface area contributed by atoms with Gasteiger partial charge in [-0.2, -0.15) is 15.1 Å². The number of rotatable bonds is 6. The van der Waals surface area contributed by atoms with Crippen molar-refractivity contribution in [1.82, 2.24) is 30.3 Å². The van der Waals surface area contributed by atoms with Crippen molar-refractivity contribution in [2.75, 3.05) is 34.8 Å². The molecule has 11 nitrogen and oxygen atoms in total. The number of pyridine rings is 1. The first-order valence-electron chi connectivity index (χ1n) is 11.9. The Morgan fingerprint density at radius 3 is 2.80 bits per heavy atom. The predicted molar refractivity (Wildman–Crippen MR) is 131 cm³/mol. The molecule has 2 aliphatic heterocycles. The Morgan fingerprint density at radius 1 is 1.09 bits per heavy atom. The minimum atomic E-state index is -0.349. The molecule has 4 aromatic rings. The number of aliphatic hydroxyl groups is 1. The zero-order valence-corrected chi connectivity index (χ0v) is 19.4. The molecule has 0 spiro atoms. The maximum atomic E-state index is 10.1. The first kappa shape index (κ1) is 21.5. The van der Waals surface area contributed by atoms with E-state index in [-0.39, 0.29) is 12.1 Å². The molecule has 3 N–H and O–H groups in total. The van der Waals surface area contributed by atoms with Crippen molar-refractivity contribution in [1.29, 1.82) is 0 Å². The van der Waals surface area contributed by atoms with Gasteiger partial charge in [-0.05, 0) is 38.3 Å². The van der Waals surface area contributed by atoms with Crippen LogP contribution in [-0.2, 0) is 0 Å². The van der Waals surface area contributed by atoms with Gasteiger partial charge in [0, 0.05) is 49.7 Å². The first-order chi connectivity index (χ1) is 17.1. The molecule has 6 rings (SSSR count). The van der Waals surface area contributed by atoms with Crippen LogP contribution >= 0.6 is 0 Å². The summed E-state index contributed by atoms with van der Waals surface area (Å²) < 4.78 is 5.77. The Labute approximate surface area is 202 Å². The van der Waals surface area contributed by atoms with Gasteiger partial charge in [-0.3, -0.25) is 10.1 Å². The summed E-state index contributed by atoms with van der Waals surface area (Å²) in [6.45, 7) is 4.05. The lowest BCUT2D eigenvalue weighted by molar-refractivity contribution is 0.198. The fourth-order valence-electron chi connectivity index (χ4n) is 4.72. The summed E-state index contributed by atoms with van der Waals surface area (Å²) in [5, 5.41) is 24.9. The van der Waals surface area contributed by atoms with Crippen LogP contribution in [0.3, 0.4) is 0 Å². The third-order valence-electron chi connectivity index (χ3n) is 6.44. The summed E-state index contributed by atoms with van der Waals surface area (Å²) >= 11 is 0. The van der Waals surface area contributed by atoms with Gasteiger partial charge in [0.05, 0.1) is 17.8 Å². The Balaban J connectivity index is 1.33. The zero-order chi connectivity index (χ0) is 23.8. The maximum absolute atomic E-state index is 10.1. The SMILES string of the molecule is Cc1cc(Nc2cc(N3CC[C@@H](O)C3)nc(N3CCC[C@H]3c3cc(-c4ccccn4)no3)n2)n[nH]1. The van der Waals surface area contributed by atoms with Gasteiger partial charge in [0.15, 0.2) is 11.6 Å². The van der Waals surface area contributed by atoms with Crippen molar-refractivity contribution < 1.29 is 9.63 Å². The van der Waals surface area contributed by atoms with Gasteiger partial charge in [0.1, 0.15) is 17.3 Å². The molecule has 180 valence electrons. The predicted octanol–water partition coefficient (Wildman–Crippen LogP) is 3.21. The van der Waals surface area contributed by atoms with E-state index in [1.54, 1.807) is 6.20 Å². The smallest absolute Gasteiger partial charge is 0.229 e. The standard InChI is InChI=1S/C24H27N9O2/c1-15-11-22(30-29-15)26-21-13-23(32-10-7-16(34)14-32)28-24(27-21)33-9-4-6-19(33)20-12-18(31-35-20)17-5-2-3-8-25-17/h2-3,5,8,11-13,16,19,34H,4,6-7,9-10,14H2,1H3,(H2,26,27,28,29,30)/t16-,19+/m1/s1. The highest BCUT2D eigenvalue weighted by atomic mass is 16.5. The minimum absolute atomic E-state index is 0.0279. The quantitative estimate of drug-likeness (QED) is 0.383. The van der Waals surface area contributed by atoms with Gasteiger partial charge in [-0.15, -0.1) is 0 Å². The number of aryl methyl sites for hydroxylation is 1. The molecule has 2 saturated heterocycles. The van der Waals surface area contributed by atoms with Crippen LogP contribution in [0.5, 0.6) is 0 Å². The average molecular weight is 474 g/mol. The van der Waals surface area contributed by atoms with Crippen molar-refractivity contribution in [2.45, 2.75) is 38.3 Å². The van der Waals surface area contributed by atoms with Crippen LogP contribution in [0.25, 0.3) is 11.4 Å². The van der Waals surface area contributed by atoms with Crippen LogP contribution in [0.2, 0.25) is 0 Å². The molecule has 0 radical (unpaired) electrons. The summed E-state index contributed by atoms with van der Waals surface area (Å²) in [5.41, 5.74) is 2.45. The number of anilines is 4. The van der Waals surface area contributed by atoms with Crippen molar-refractivity contribution in [2.24, 2.45) is 0 Å². The molecule has 35 heavy (non-hydrogen) atoms. The molecule has 0 unspecified atom stereocenters. The molecule has 2 atom stereocenters. The van der Waals surface area contributed by atoms with Crippen molar-refractivity contribution >= 4 is 23.4 Å². The molecule has 0 saturated carbocycles. The van der Waals surface area contributed by atoms with E-state index in [1.807, 2.05) is 43.3 Å². The molecule has 0 amide bonds. The number of hydrogen-bond donors (Lipinski definition) is 3. The summed E-state index contributed by atoms with van der Waals surface area (Å²) in [6, 6.07) is 11.5. The van der Waals surface area contributed by atoms with E-state index in [4.69, 9.17) is 14.5 Å². The molecule has 11 heteroatoms. The number of hydrogen-bond acceptors (Lipinski definition) is 10. The molecule has 2 aliphatic rings. The normalized spacial score (nSPS) is 20.1. The highest BCUT2D eigenvalue weighted by molar-refractivity contribution is 5.61. The summed E-state index contributed by atoms with van der Waals surface area (Å²) in [5.74, 6) is 3.49. The van der Waals surface area contributed by atoms with Crippen molar-refractivity contribution in [3.63, 3.8) is 0 Å². The number of aromatic nitrogens is 6. The molecular weight excluding hydrogens is 446 g/mol. The molecule has 0 bridgehead atoms. The van der Waals surface area contributed by atoms with Gasteiger partial charge >= 0.3 is 0 Å². The van der Waals surface area contributed by atoms with E-state index in [9.17, 15) is 5.11 Å². The number of H-pyrrole nitrogens is 1. The number of nitrogens with one attached hydrogen (secondary N) is 2. The van der Waals surface area contributed by atoms with E-state index in [2.05, 4.69) is 35.5 Å². The monoisotopic (exact) mass is 473 g/mol. The fraction of sp³-hybridized carbons (Fsp3) is 0.375. The summed E-state index contributed by atoms with van der Waals surface area (Å²) in [6.07, 6.45) is 4.02. The number of β-amino-alcohol motifs (C(OH)–C–C–N with tert-alkyl or cyclic N) is 1. The average Bonchev–Trinajstić information content (AvgIpc) is 3.67. The van der Waals surface area contributed by atoms with Crippen LogP contribution in [0.4, 0.5) is 23.4 Å². The number of aromatic amines is 1. The number of nitrogens with zero attached hydrogens (tertiary/aromatic N) is 7. The lowest BCUT2D eigenvalue weighted by Gasteiger charge is -2.25. The summed E-state index contributed by atoms with van der Waals surface area (Å²) in [7, 11) is 0. The van der Waals surface area contributed by atoms with Gasteiger partial charge in [0.25, 0.3) is 0 Å². The van der Waals surface area contributed by atoms with Crippen LogP contribution in [0.15, 0.2) is 47.1 Å². The molecule has 6 heterocycles. The van der Waals surface area contributed by atoms with E-state index in [0.29, 0.717) is 29.8 Å². The molecule has 0 aromatic carbocycles. The molecule has 0 aliphatic carbocycles. The fourth-order valence-corrected chi connectivity index (χ4v) is 4.72. The minimum Gasteiger partial charge on any atom is -0.391 e. The van der Waals surface area contributed by atoms with Crippen LogP contribution in [0.1, 0.15) is 36.8 Å². The lowest BCUT2D eigenvalue weighted by Crippen LogP contribution is -2.27. The molecule has 2 fully saturated rings. The van der Waals surface area contributed by atoms with E-state index < -0.39 is 0 Å². The summed E-state index contributed by atoms with van der Waals surface area (Å²) in [4.78, 5) is 18.4. The van der Waals surface area contributed by atoms with Crippen molar-refractivity contribution in [3.05, 3.63) is 54.0 Å². The number of aliphatic hydroxyl groups excluding tert-OH is 1. The van der Waals surface area contributed by atoms with Crippen molar-refractivity contribution in [3.8, 4) is 11.4 Å². The Morgan fingerprint density at radius 2 is 2.03 bits per heavy atom. The third kappa shape index (κ3) is 4.42. The maximum Gasteiger partial charge on any atom is 0.229 e. The largest absolute Gasteiger partial charge is 0.391 e. The van der Waals surface area contributed by atoms with Gasteiger partial charge in [-0.1, -0.05) is 11.2 Å². The topological polar surface area (TPSA) is 132 Å². The highest BCUT2D eigenvalue weighted by Gasteiger charge is 2.33. The Hall–Kier alpha value is -3.99.